The summed E-state index contributed by atoms with van der Waals surface area (Å²) in [7, 11) is 3.67. The van der Waals surface area contributed by atoms with Crippen LogP contribution in [0.1, 0.15) is 25.7 Å². The molecule has 160 valence electrons. The number of nitrogens with two attached hydrogens (primary N) is 1. The number of fused-ring (bicyclic) bond motifs is 2. The summed E-state index contributed by atoms with van der Waals surface area (Å²) in [6, 6.07) is 8.42. The van der Waals surface area contributed by atoms with Gasteiger partial charge >= 0.3 is 0 Å². The number of nitrogens with zero attached hydrogens (tertiary/aromatic N) is 4. The van der Waals surface area contributed by atoms with Crippen molar-refractivity contribution >= 4 is 39.5 Å². The van der Waals surface area contributed by atoms with E-state index < -0.39 is 0 Å². The van der Waals surface area contributed by atoms with Crippen molar-refractivity contribution in [2.24, 2.45) is 5.73 Å². The Hall–Kier alpha value is -2.90. The van der Waals surface area contributed by atoms with Crippen molar-refractivity contribution in [3.8, 4) is 17.0 Å². The number of aromatic nitrogens is 4. The highest BCUT2D eigenvalue weighted by Crippen LogP contribution is 2.37. The summed E-state index contributed by atoms with van der Waals surface area (Å²) in [6.07, 6.45) is 8.09. The Morgan fingerprint density at radius 2 is 1.97 bits per heavy atom. The lowest BCUT2D eigenvalue weighted by atomic mass is 9.91. The fourth-order valence-corrected chi connectivity index (χ4v) is 4.78. The van der Waals surface area contributed by atoms with Gasteiger partial charge in [0, 0.05) is 47.9 Å². The zero-order chi connectivity index (χ0) is 21.5. The predicted octanol–water partition coefficient (Wildman–Crippen LogP) is 4.54. The van der Waals surface area contributed by atoms with Gasteiger partial charge in [-0.3, -0.25) is 0 Å². The molecular formula is C23H25ClN6O. The number of halogens is 1. The Bertz CT molecular complexity index is 1260. The minimum atomic E-state index is 0.261. The van der Waals surface area contributed by atoms with Gasteiger partial charge in [-0.2, -0.15) is 0 Å². The molecule has 1 aromatic carbocycles. The molecule has 0 amide bonds. The van der Waals surface area contributed by atoms with Crippen molar-refractivity contribution in [1.29, 1.82) is 0 Å². The van der Waals surface area contributed by atoms with Gasteiger partial charge in [-0.05, 0) is 31.7 Å². The second-order valence-corrected chi connectivity index (χ2v) is 8.55. The summed E-state index contributed by atoms with van der Waals surface area (Å²) >= 11 is 6.76. The van der Waals surface area contributed by atoms with Crippen LogP contribution in [0, 0.1) is 0 Å². The normalized spacial score (nSPS) is 19.1. The van der Waals surface area contributed by atoms with Crippen LogP contribution in [0.4, 0.5) is 5.82 Å². The van der Waals surface area contributed by atoms with Crippen LogP contribution in [0.5, 0.6) is 5.88 Å². The van der Waals surface area contributed by atoms with Crippen molar-refractivity contribution in [2.75, 3.05) is 19.1 Å². The van der Waals surface area contributed by atoms with Crippen molar-refractivity contribution in [2.45, 2.75) is 37.8 Å². The Labute approximate surface area is 185 Å². The average molecular weight is 437 g/mol. The molecule has 2 atom stereocenters. The quantitative estimate of drug-likeness (QED) is 0.487. The molecule has 0 spiro atoms. The molecule has 0 bridgehead atoms. The smallest absolute Gasteiger partial charge is 0.213 e. The number of hydrogen-bond acceptors (Lipinski definition) is 6. The first-order valence-corrected chi connectivity index (χ1v) is 10.9. The SMILES string of the molecule is COc1ccc2ccc(-c3c[nH]c4nc(N(C)[C@@H]5CCC[C@@H](N)C5)cnc34)c(Cl)c2n1. The molecule has 8 heteroatoms. The van der Waals surface area contributed by atoms with E-state index in [-0.39, 0.29) is 6.04 Å². The fraction of sp³-hybridized carbons (Fsp3) is 0.348. The summed E-state index contributed by atoms with van der Waals surface area (Å²) < 4.78 is 5.26. The van der Waals surface area contributed by atoms with Crippen molar-refractivity contribution in [3.05, 3.63) is 41.7 Å². The van der Waals surface area contributed by atoms with Crippen LogP contribution in [0.25, 0.3) is 33.2 Å². The summed E-state index contributed by atoms with van der Waals surface area (Å²) in [4.78, 5) is 19.6. The van der Waals surface area contributed by atoms with Gasteiger partial charge in [-0.15, -0.1) is 0 Å². The lowest BCUT2D eigenvalue weighted by Gasteiger charge is -2.34. The second-order valence-electron chi connectivity index (χ2n) is 8.17. The van der Waals surface area contributed by atoms with Crippen molar-refractivity contribution in [1.82, 2.24) is 19.9 Å². The van der Waals surface area contributed by atoms with Crippen molar-refractivity contribution in [3.63, 3.8) is 0 Å². The number of rotatable bonds is 4. The van der Waals surface area contributed by atoms with E-state index in [0.717, 1.165) is 59.2 Å². The van der Waals surface area contributed by atoms with Gasteiger partial charge in [-0.1, -0.05) is 23.7 Å². The van der Waals surface area contributed by atoms with E-state index in [1.807, 2.05) is 36.7 Å². The number of aromatic amines is 1. The van der Waals surface area contributed by atoms with Crippen LogP contribution >= 0.6 is 11.6 Å². The standard InChI is InChI=1S/C23H25ClN6O/c1-30(15-5-3-4-14(25)10-15)18-12-26-22-17(11-27-23(22)28-18)16-8-6-13-7-9-19(31-2)29-21(13)20(16)24/h6-9,11-12,14-15H,3-5,10,25H2,1-2H3,(H,27,28)/t14-,15-/m1/s1. The highest BCUT2D eigenvalue weighted by Gasteiger charge is 2.24. The number of pyridine rings is 1. The third-order valence-corrected chi connectivity index (χ3v) is 6.62. The number of nitrogens with one attached hydrogen (secondary N) is 1. The first-order valence-electron chi connectivity index (χ1n) is 10.5. The highest BCUT2D eigenvalue weighted by atomic mass is 35.5. The molecule has 0 saturated heterocycles. The molecule has 3 heterocycles. The molecule has 4 aromatic rings. The summed E-state index contributed by atoms with van der Waals surface area (Å²) in [5, 5.41) is 1.52. The number of methoxy groups -OCH3 is 1. The zero-order valence-electron chi connectivity index (χ0n) is 17.6. The van der Waals surface area contributed by atoms with Gasteiger partial charge in [0.25, 0.3) is 0 Å². The van der Waals surface area contributed by atoms with E-state index >= 15 is 0 Å². The van der Waals surface area contributed by atoms with Crippen molar-refractivity contribution < 1.29 is 4.74 Å². The number of benzene rings is 1. The molecule has 0 radical (unpaired) electrons. The van der Waals surface area contributed by atoms with Crippen LogP contribution < -0.4 is 15.4 Å². The third kappa shape index (κ3) is 3.58. The van der Waals surface area contributed by atoms with Gasteiger partial charge in [0.1, 0.15) is 11.3 Å². The largest absolute Gasteiger partial charge is 0.481 e. The van der Waals surface area contributed by atoms with Gasteiger partial charge in [-0.25, -0.2) is 15.0 Å². The molecule has 0 aliphatic heterocycles. The first kappa shape index (κ1) is 20.0. The van der Waals surface area contributed by atoms with E-state index in [2.05, 4.69) is 21.9 Å². The summed E-state index contributed by atoms with van der Waals surface area (Å²) in [6.45, 7) is 0. The molecule has 1 fully saturated rings. The van der Waals surface area contributed by atoms with E-state index in [0.29, 0.717) is 22.5 Å². The maximum atomic E-state index is 6.76. The molecule has 1 saturated carbocycles. The number of H-pyrrole nitrogens is 1. The lowest BCUT2D eigenvalue weighted by Crippen LogP contribution is -2.41. The van der Waals surface area contributed by atoms with E-state index in [1.165, 1.54) is 0 Å². The van der Waals surface area contributed by atoms with Gasteiger partial charge in [0.2, 0.25) is 5.88 Å². The zero-order valence-corrected chi connectivity index (χ0v) is 18.4. The molecule has 3 aromatic heterocycles. The minimum absolute atomic E-state index is 0.261. The molecule has 0 unspecified atom stereocenters. The number of ether oxygens (including phenoxy) is 1. The Balaban J connectivity index is 1.52. The number of hydrogen-bond donors (Lipinski definition) is 2. The number of anilines is 1. The summed E-state index contributed by atoms with van der Waals surface area (Å²) in [5.41, 5.74) is 10.1. The molecule has 3 N–H and O–H groups in total. The minimum Gasteiger partial charge on any atom is -0.481 e. The molecule has 1 aliphatic carbocycles. The fourth-order valence-electron chi connectivity index (χ4n) is 4.46. The van der Waals surface area contributed by atoms with Crippen LogP contribution in [0.2, 0.25) is 5.02 Å². The average Bonchev–Trinajstić information content (AvgIpc) is 3.21. The Morgan fingerprint density at radius 1 is 1.13 bits per heavy atom. The molecule has 5 rings (SSSR count). The molecule has 7 nitrogen and oxygen atoms in total. The van der Waals surface area contributed by atoms with Crippen LogP contribution in [0.15, 0.2) is 36.7 Å². The van der Waals surface area contributed by atoms with E-state index in [4.69, 9.17) is 32.0 Å². The van der Waals surface area contributed by atoms with Gasteiger partial charge in [0.15, 0.2) is 5.65 Å². The Morgan fingerprint density at radius 3 is 2.77 bits per heavy atom. The summed E-state index contributed by atoms with van der Waals surface area (Å²) in [5.74, 6) is 1.37. The first-order chi connectivity index (χ1) is 15.0. The Kier molecular flexibility index (Phi) is 5.16. The lowest BCUT2D eigenvalue weighted by molar-refractivity contribution is 0.381. The van der Waals surface area contributed by atoms with Gasteiger partial charge in [0.05, 0.1) is 23.8 Å². The van der Waals surface area contributed by atoms with Gasteiger partial charge < -0.3 is 20.4 Å². The topological polar surface area (TPSA) is 93.0 Å². The third-order valence-electron chi connectivity index (χ3n) is 6.24. The maximum absolute atomic E-state index is 6.76. The molecular weight excluding hydrogens is 412 g/mol. The second kappa shape index (κ2) is 7.98. The van der Waals surface area contributed by atoms with Crippen LogP contribution in [-0.4, -0.2) is 46.2 Å². The molecule has 31 heavy (non-hydrogen) atoms. The highest BCUT2D eigenvalue weighted by molar-refractivity contribution is 6.38. The van der Waals surface area contributed by atoms with Crippen LogP contribution in [-0.2, 0) is 0 Å². The predicted molar refractivity (Wildman–Crippen MR) is 125 cm³/mol. The van der Waals surface area contributed by atoms with Crippen LogP contribution in [0.3, 0.4) is 0 Å². The van der Waals surface area contributed by atoms with E-state index in [9.17, 15) is 0 Å². The monoisotopic (exact) mass is 436 g/mol. The van der Waals surface area contributed by atoms with E-state index in [1.54, 1.807) is 7.11 Å². The maximum Gasteiger partial charge on any atom is 0.213 e. The molecule has 1 aliphatic rings.